The van der Waals surface area contributed by atoms with E-state index in [0.717, 1.165) is 23.2 Å². The quantitative estimate of drug-likeness (QED) is 0.337. The standard InChI is InChI=1S/C33H39N3O8.CH4/c1-19(42-26(37)12-15-35-30(38)22(34)17-20-7-5-4-6-8-20)31(39)43-24-11-13-33(40)25-18-21-9-10-23(41-3)28-27(21)32(33,29(24)44-28)14-16-36(25)2;/h4-11,19,22,25,29,40H,12-18,34H2,1-3H3,(H,35,38);1H4/t19-,22-,25+,29-,32-,33+;/m0./s1. The minimum atomic E-state index is -1.21. The molecule has 1 spiro atoms. The van der Waals surface area contributed by atoms with E-state index in [-0.39, 0.29) is 44.5 Å². The second kappa shape index (κ2) is 12.5. The molecule has 2 aromatic rings. The number of carbonyl (C=O) groups excluding carboxylic acids is 3. The number of likely N-dealkylation sites (N-methyl/N-ethyl adjacent to an activating group) is 1. The molecular formula is C34H43N3O8. The van der Waals surface area contributed by atoms with Gasteiger partial charge in [0, 0.05) is 24.6 Å². The topological polar surface area (TPSA) is 150 Å². The second-order valence-corrected chi connectivity index (χ2v) is 12.2. The number of esters is 2. The highest BCUT2D eigenvalue weighted by atomic mass is 16.6. The molecule has 6 atom stereocenters. The normalized spacial score (nSPS) is 27.0. The van der Waals surface area contributed by atoms with E-state index < -0.39 is 41.2 Å². The van der Waals surface area contributed by atoms with E-state index in [2.05, 4.69) is 10.2 Å². The lowest BCUT2D eigenvalue weighted by Gasteiger charge is -2.61. The summed E-state index contributed by atoms with van der Waals surface area (Å²) >= 11 is 0. The van der Waals surface area contributed by atoms with Gasteiger partial charge in [-0.25, -0.2) is 4.79 Å². The van der Waals surface area contributed by atoms with Crippen molar-refractivity contribution in [2.45, 2.75) is 81.8 Å². The number of rotatable bonds is 10. The van der Waals surface area contributed by atoms with Gasteiger partial charge in [-0.2, -0.15) is 0 Å². The lowest BCUT2D eigenvalue weighted by molar-refractivity contribution is -0.175. The Morgan fingerprint density at radius 3 is 2.69 bits per heavy atom. The van der Waals surface area contributed by atoms with Crippen molar-refractivity contribution in [3.8, 4) is 11.5 Å². The number of methoxy groups -OCH3 is 1. The fourth-order valence-electron chi connectivity index (χ4n) is 7.47. The van der Waals surface area contributed by atoms with Crippen molar-refractivity contribution in [3.63, 3.8) is 0 Å². The Balaban J connectivity index is 0.00000400. The van der Waals surface area contributed by atoms with Crippen LogP contribution in [0.3, 0.4) is 0 Å². The van der Waals surface area contributed by atoms with Gasteiger partial charge in [0.2, 0.25) is 5.91 Å². The number of ether oxygens (including phenoxy) is 4. The van der Waals surface area contributed by atoms with Gasteiger partial charge in [-0.3, -0.25) is 9.59 Å². The van der Waals surface area contributed by atoms with E-state index in [0.29, 0.717) is 30.8 Å². The fourth-order valence-corrected chi connectivity index (χ4v) is 7.47. The van der Waals surface area contributed by atoms with E-state index in [1.165, 1.54) is 6.92 Å². The van der Waals surface area contributed by atoms with Crippen LogP contribution in [0.15, 0.2) is 54.3 Å². The predicted octanol–water partition coefficient (Wildman–Crippen LogP) is 2.16. The van der Waals surface area contributed by atoms with Gasteiger partial charge in [0.15, 0.2) is 23.7 Å². The first-order chi connectivity index (χ1) is 21.1. The zero-order chi connectivity index (χ0) is 31.2. The van der Waals surface area contributed by atoms with Crippen LogP contribution in [0.4, 0.5) is 0 Å². The largest absolute Gasteiger partial charge is 0.493 e. The maximum absolute atomic E-state index is 13.2. The number of amides is 1. The third-order valence-corrected chi connectivity index (χ3v) is 9.68. The van der Waals surface area contributed by atoms with Gasteiger partial charge in [-0.05, 0) is 63.0 Å². The maximum atomic E-state index is 13.2. The third-order valence-electron chi connectivity index (χ3n) is 9.68. The number of hydrogen-bond donors (Lipinski definition) is 3. The van der Waals surface area contributed by atoms with E-state index in [4.69, 9.17) is 24.7 Å². The van der Waals surface area contributed by atoms with Crippen LogP contribution in [0.5, 0.6) is 11.5 Å². The molecule has 1 saturated heterocycles. The number of piperidine rings is 1. The summed E-state index contributed by atoms with van der Waals surface area (Å²) in [5.41, 5.74) is 7.01. The molecule has 4 N–H and O–H groups in total. The van der Waals surface area contributed by atoms with Gasteiger partial charge in [0.05, 0.1) is 30.6 Å². The zero-order valence-corrected chi connectivity index (χ0v) is 25.2. The molecule has 1 fully saturated rings. The highest BCUT2D eigenvalue weighted by molar-refractivity contribution is 5.83. The van der Waals surface area contributed by atoms with Crippen LogP contribution < -0.4 is 20.5 Å². The summed E-state index contributed by atoms with van der Waals surface area (Å²) in [5.74, 6) is -0.377. The maximum Gasteiger partial charge on any atom is 0.352 e. The number of likely N-dealkylation sites (tertiary alicyclic amines) is 1. The summed E-state index contributed by atoms with van der Waals surface area (Å²) in [6.07, 6.45) is 1.56. The molecule has 6 rings (SSSR count). The highest BCUT2D eigenvalue weighted by Gasteiger charge is 2.72. The first-order valence-electron chi connectivity index (χ1n) is 15.1. The van der Waals surface area contributed by atoms with Crippen molar-refractivity contribution in [1.82, 2.24) is 10.2 Å². The Morgan fingerprint density at radius 2 is 1.96 bits per heavy atom. The molecule has 242 valence electrons. The summed E-state index contributed by atoms with van der Waals surface area (Å²) in [6, 6.07) is 12.4. The number of carbonyl (C=O) groups is 3. The average molecular weight is 622 g/mol. The molecule has 45 heavy (non-hydrogen) atoms. The van der Waals surface area contributed by atoms with Crippen molar-refractivity contribution in [3.05, 3.63) is 71.0 Å². The summed E-state index contributed by atoms with van der Waals surface area (Å²) in [4.78, 5) is 40.2. The number of aliphatic hydroxyl groups is 1. The summed E-state index contributed by atoms with van der Waals surface area (Å²) in [6.45, 7) is 2.19. The Morgan fingerprint density at radius 1 is 1.20 bits per heavy atom. The molecule has 1 amide bonds. The summed E-state index contributed by atoms with van der Waals surface area (Å²) in [5, 5.41) is 14.9. The minimum Gasteiger partial charge on any atom is -0.493 e. The molecule has 4 aliphatic rings. The molecule has 2 aliphatic heterocycles. The molecule has 0 unspecified atom stereocenters. The number of nitrogens with two attached hydrogens (primary N) is 1. The molecule has 11 nitrogen and oxygen atoms in total. The zero-order valence-electron chi connectivity index (χ0n) is 25.2. The smallest absolute Gasteiger partial charge is 0.352 e. The SMILES string of the molecule is C.COc1ccc2c3c1O[C@H]1C(OC(=O)[C@H](C)OC(=O)CCNC(=O)[C@@H](N)Cc4ccccc4)=CC[C@@]4(O)[C@@H](C2)N(C)CC[C@]314. The molecule has 2 heterocycles. The highest BCUT2D eigenvalue weighted by Crippen LogP contribution is 2.65. The van der Waals surface area contributed by atoms with Crippen LogP contribution in [0.2, 0.25) is 0 Å². The van der Waals surface area contributed by atoms with Crippen molar-refractivity contribution < 1.29 is 38.4 Å². The molecule has 11 heteroatoms. The number of hydrogen-bond acceptors (Lipinski definition) is 10. The first-order valence-corrected chi connectivity index (χ1v) is 15.1. The lowest BCUT2D eigenvalue weighted by atomic mass is 9.50. The molecule has 0 saturated carbocycles. The number of benzene rings is 2. The lowest BCUT2D eigenvalue weighted by Crippen LogP contribution is -2.74. The van der Waals surface area contributed by atoms with Gasteiger partial charge in [-0.1, -0.05) is 43.8 Å². The van der Waals surface area contributed by atoms with E-state index in [1.54, 1.807) is 13.2 Å². The van der Waals surface area contributed by atoms with Gasteiger partial charge in [0.25, 0.3) is 0 Å². The predicted molar refractivity (Wildman–Crippen MR) is 166 cm³/mol. The molecule has 0 radical (unpaired) electrons. The number of nitrogens with zero attached hydrogens (tertiary/aromatic N) is 1. The van der Waals surface area contributed by atoms with Gasteiger partial charge >= 0.3 is 11.9 Å². The Labute approximate surface area is 263 Å². The number of nitrogens with one attached hydrogen (secondary N) is 1. The third kappa shape index (κ3) is 5.36. The van der Waals surface area contributed by atoms with Gasteiger partial charge in [0.1, 0.15) is 5.76 Å². The van der Waals surface area contributed by atoms with E-state index in [9.17, 15) is 19.5 Å². The first kappa shape index (κ1) is 32.5. The van der Waals surface area contributed by atoms with Gasteiger partial charge < -0.3 is 40.0 Å². The van der Waals surface area contributed by atoms with Crippen molar-refractivity contribution in [1.29, 1.82) is 0 Å². The Bertz CT molecular complexity index is 1500. The van der Waals surface area contributed by atoms with E-state index >= 15 is 0 Å². The molecule has 2 bridgehead atoms. The van der Waals surface area contributed by atoms with Crippen molar-refractivity contribution >= 4 is 17.8 Å². The molecule has 0 aromatic heterocycles. The van der Waals surface area contributed by atoms with Crippen molar-refractivity contribution in [2.75, 3.05) is 27.2 Å². The molecule has 2 aromatic carbocycles. The fraction of sp³-hybridized carbons (Fsp3) is 0.500. The summed E-state index contributed by atoms with van der Waals surface area (Å²) in [7, 11) is 3.60. The monoisotopic (exact) mass is 621 g/mol. The van der Waals surface area contributed by atoms with Crippen LogP contribution in [0.25, 0.3) is 0 Å². The van der Waals surface area contributed by atoms with Crippen LogP contribution in [-0.2, 0) is 42.1 Å². The van der Waals surface area contributed by atoms with Gasteiger partial charge in [-0.15, -0.1) is 0 Å². The van der Waals surface area contributed by atoms with Crippen molar-refractivity contribution in [2.24, 2.45) is 5.73 Å². The van der Waals surface area contributed by atoms with Crippen LogP contribution in [0.1, 0.15) is 50.3 Å². The average Bonchev–Trinajstić information content (AvgIpc) is 3.36. The minimum absolute atomic E-state index is 0. The van der Waals surface area contributed by atoms with Crippen LogP contribution in [0, 0.1) is 0 Å². The van der Waals surface area contributed by atoms with E-state index in [1.807, 2.05) is 49.5 Å². The Kier molecular flexibility index (Phi) is 8.99. The Hall–Kier alpha value is -3.93. The molecule has 2 aliphatic carbocycles. The second-order valence-electron chi connectivity index (χ2n) is 12.2. The van der Waals surface area contributed by atoms with Crippen LogP contribution in [-0.4, -0.2) is 85.0 Å². The van der Waals surface area contributed by atoms with Crippen LogP contribution >= 0.6 is 0 Å². The summed E-state index contributed by atoms with van der Waals surface area (Å²) < 4.78 is 23.3. The molecular weight excluding hydrogens is 578 g/mol.